The van der Waals surface area contributed by atoms with E-state index in [1.165, 1.54) is 0 Å². The van der Waals surface area contributed by atoms with Crippen LogP contribution in [-0.2, 0) is 4.79 Å². The molecule has 116 valence electrons. The zero-order valence-electron chi connectivity index (χ0n) is 13.1. The number of nitrogens with one attached hydrogen (secondary N) is 2. The van der Waals surface area contributed by atoms with Crippen LogP contribution in [0.25, 0.3) is 0 Å². The van der Waals surface area contributed by atoms with E-state index < -0.39 is 0 Å². The van der Waals surface area contributed by atoms with Crippen LogP contribution in [0.1, 0.15) is 37.7 Å². The van der Waals surface area contributed by atoms with E-state index in [1.54, 1.807) is 18.3 Å². The summed E-state index contributed by atoms with van der Waals surface area (Å²) in [5.41, 5.74) is 0.873. The van der Waals surface area contributed by atoms with Crippen molar-refractivity contribution in [2.24, 2.45) is 0 Å². The lowest BCUT2D eigenvalue weighted by molar-refractivity contribution is -0.116. The van der Waals surface area contributed by atoms with Crippen molar-refractivity contribution in [3.8, 4) is 0 Å². The molecule has 2 N–H and O–H groups in total. The largest absolute Gasteiger partial charge is 0.369 e. The average Bonchev–Trinajstić information content (AvgIpc) is 2.47. The first-order chi connectivity index (χ1) is 10.5. The standard InChI is InChI=1S/C16H21N5O/c1-11(2)16-18-9-7-13(21-16)17-10-8-15(22)20-14-6-4-5-12(3)19-14/h4-7,9,11H,8,10H2,1-3H3,(H,17,18,21)(H,19,20,22). The van der Waals surface area contributed by atoms with E-state index in [2.05, 4.69) is 25.6 Å². The number of nitrogens with zero attached hydrogens (tertiary/aromatic N) is 3. The molecule has 6 heteroatoms. The van der Waals surface area contributed by atoms with Gasteiger partial charge >= 0.3 is 0 Å². The number of pyridine rings is 1. The van der Waals surface area contributed by atoms with Crippen molar-refractivity contribution in [3.05, 3.63) is 42.0 Å². The molecule has 0 unspecified atom stereocenters. The maximum atomic E-state index is 11.9. The molecule has 0 fully saturated rings. The van der Waals surface area contributed by atoms with Gasteiger partial charge in [-0.05, 0) is 25.1 Å². The summed E-state index contributed by atoms with van der Waals surface area (Å²) in [6.07, 6.45) is 2.07. The van der Waals surface area contributed by atoms with Gasteiger partial charge in [-0.1, -0.05) is 19.9 Å². The summed E-state index contributed by atoms with van der Waals surface area (Å²) in [4.78, 5) is 24.7. The van der Waals surface area contributed by atoms with E-state index in [9.17, 15) is 4.79 Å². The van der Waals surface area contributed by atoms with Gasteiger partial charge < -0.3 is 10.6 Å². The molecule has 0 spiro atoms. The Morgan fingerprint density at radius 3 is 2.73 bits per heavy atom. The van der Waals surface area contributed by atoms with Crippen molar-refractivity contribution < 1.29 is 4.79 Å². The number of rotatable bonds is 6. The van der Waals surface area contributed by atoms with Crippen LogP contribution < -0.4 is 10.6 Å². The molecule has 0 aliphatic heterocycles. The van der Waals surface area contributed by atoms with Crippen LogP contribution in [-0.4, -0.2) is 27.4 Å². The zero-order chi connectivity index (χ0) is 15.9. The van der Waals surface area contributed by atoms with Gasteiger partial charge in [-0.25, -0.2) is 15.0 Å². The number of hydrogen-bond acceptors (Lipinski definition) is 5. The summed E-state index contributed by atoms with van der Waals surface area (Å²) in [5.74, 6) is 2.30. The topological polar surface area (TPSA) is 79.8 Å². The van der Waals surface area contributed by atoms with Crippen molar-refractivity contribution in [2.75, 3.05) is 17.2 Å². The van der Waals surface area contributed by atoms with E-state index in [0.717, 1.165) is 17.3 Å². The van der Waals surface area contributed by atoms with Crippen molar-refractivity contribution in [1.82, 2.24) is 15.0 Å². The van der Waals surface area contributed by atoms with E-state index >= 15 is 0 Å². The Labute approximate surface area is 130 Å². The number of carbonyl (C=O) groups is 1. The molecule has 0 atom stereocenters. The fourth-order valence-electron chi connectivity index (χ4n) is 1.87. The van der Waals surface area contributed by atoms with E-state index in [-0.39, 0.29) is 11.8 Å². The smallest absolute Gasteiger partial charge is 0.227 e. The van der Waals surface area contributed by atoms with Gasteiger partial charge in [0.1, 0.15) is 17.5 Å². The van der Waals surface area contributed by atoms with Gasteiger partial charge in [0.25, 0.3) is 0 Å². The van der Waals surface area contributed by atoms with Crippen molar-refractivity contribution in [3.63, 3.8) is 0 Å². The van der Waals surface area contributed by atoms with Crippen molar-refractivity contribution in [2.45, 2.75) is 33.1 Å². The molecule has 6 nitrogen and oxygen atoms in total. The number of aromatic nitrogens is 3. The van der Waals surface area contributed by atoms with Crippen molar-refractivity contribution >= 4 is 17.5 Å². The highest BCUT2D eigenvalue weighted by Crippen LogP contribution is 2.11. The summed E-state index contributed by atoms with van der Waals surface area (Å²) in [6, 6.07) is 7.33. The predicted octanol–water partition coefficient (Wildman–Crippen LogP) is 2.74. The average molecular weight is 299 g/mol. The number of aryl methyl sites for hydroxylation is 1. The third-order valence-corrected chi connectivity index (χ3v) is 3.00. The molecule has 0 aromatic carbocycles. The molecule has 2 aromatic heterocycles. The molecule has 0 bridgehead atoms. The minimum atomic E-state index is -0.0799. The molecule has 2 heterocycles. The van der Waals surface area contributed by atoms with Gasteiger partial charge in [-0.15, -0.1) is 0 Å². The highest BCUT2D eigenvalue weighted by atomic mass is 16.1. The molecule has 0 aliphatic rings. The fraction of sp³-hybridized carbons (Fsp3) is 0.375. The Bertz CT molecular complexity index is 642. The first kappa shape index (κ1) is 15.9. The van der Waals surface area contributed by atoms with E-state index in [0.29, 0.717) is 18.8 Å². The summed E-state index contributed by atoms with van der Waals surface area (Å²) in [6.45, 7) is 6.48. The van der Waals surface area contributed by atoms with Crippen LogP contribution in [0.3, 0.4) is 0 Å². The lowest BCUT2D eigenvalue weighted by atomic mass is 10.2. The maximum absolute atomic E-state index is 11.9. The molecular formula is C16H21N5O. The second-order valence-corrected chi connectivity index (χ2v) is 5.34. The van der Waals surface area contributed by atoms with Crippen LogP contribution >= 0.6 is 0 Å². The van der Waals surface area contributed by atoms with Gasteiger partial charge in [0.15, 0.2) is 0 Å². The Hall–Kier alpha value is -2.50. The van der Waals surface area contributed by atoms with Crippen LogP contribution in [0.5, 0.6) is 0 Å². The zero-order valence-corrected chi connectivity index (χ0v) is 13.1. The molecule has 0 saturated carbocycles. The molecule has 0 radical (unpaired) electrons. The molecule has 22 heavy (non-hydrogen) atoms. The predicted molar refractivity (Wildman–Crippen MR) is 86.8 cm³/mol. The second-order valence-electron chi connectivity index (χ2n) is 5.34. The van der Waals surface area contributed by atoms with Gasteiger partial charge in [-0.3, -0.25) is 4.79 Å². The minimum absolute atomic E-state index is 0.0799. The highest BCUT2D eigenvalue weighted by Gasteiger charge is 2.05. The van der Waals surface area contributed by atoms with Crippen molar-refractivity contribution in [1.29, 1.82) is 0 Å². The molecule has 2 aromatic rings. The Morgan fingerprint density at radius 2 is 2.00 bits per heavy atom. The van der Waals surface area contributed by atoms with E-state index in [4.69, 9.17) is 0 Å². The Kier molecular flexibility index (Phi) is 5.41. The van der Waals surface area contributed by atoms with Crippen LogP contribution in [0.15, 0.2) is 30.5 Å². The van der Waals surface area contributed by atoms with Gasteiger partial charge in [0.2, 0.25) is 5.91 Å². The summed E-state index contributed by atoms with van der Waals surface area (Å²) in [5, 5.41) is 5.91. The minimum Gasteiger partial charge on any atom is -0.369 e. The fourth-order valence-corrected chi connectivity index (χ4v) is 1.87. The molecule has 1 amide bonds. The molecule has 2 rings (SSSR count). The number of anilines is 2. The second kappa shape index (κ2) is 7.49. The molecule has 0 saturated heterocycles. The lowest BCUT2D eigenvalue weighted by Crippen LogP contribution is -2.17. The number of hydrogen-bond donors (Lipinski definition) is 2. The van der Waals surface area contributed by atoms with Crippen LogP contribution in [0.2, 0.25) is 0 Å². The monoisotopic (exact) mass is 299 g/mol. The Balaban J connectivity index is 1.81. The third-order valence-electron chi connectivity index (χ3n) is 3.00. The van der Waals surface area contributed by atoms with E-state index in [1.807, 2.05) is 32.9 Å². The lowest BCUT2D eigenvalue weighted by Gasteiger charge is -2.09. The normalized spacial score (nSPS) is 10.5. The summed E-state index contributed by atoms with van der Waals surface area (Å²) in [7, 11) is 0. The first-order valence-corrected chi connectivity index (χ1v) is 7.35. The van der Waals surface area contributed by atoms with Gasteiger partial charge in [0.05, 0.1) is 0 Å². The highest BCUT2D eigenvalue weighted by molar-refractivity contribution is 5.90. The molecular weight excluding hydrogens is 278 g/mol. The van der Waals surface area contributed by atoms with Gasteiger partial charge in [-0.2, -0.15) is 0 Å². The first-order valence-electron chi connectivity index (χ1n) is 7.35. The quantitative estimate of drug-likeness (QED) is 0.857. The van der Waals surface area contributed by atoms with Crippen LogP contribution in [0.4, 0.5) is 11.6 Å². The summed E-state index contributed by atoms with van der Waals surface area (Å²) >= 11 is 0. The number of amides is 1. The summed E-state index contributed by atoms with van der Waals surface area (Å²) < 4.78 is 0. The van der Waals surface area contributed by atoms with Crippen LogP contribution in [0, 0.1) is 6.92 Å². The van der Waals surface area contributed by atoms with Gasteiger partial charge in [0, 0.05) is 30.8 Å². The Morgan fingerprint density at radius 1 is 1.18 bits per heavy atom. The maximum Gasteiger partial charge on any atom is 0.227 e. The third kappa shape index (κ3) is 4.80. The number of carbonyl (C=O) groups excluding carboxylic acids is 1. The SMILES string of the molecule is Cc1cccc(NC(=O)CCNc2ccnc(C(C)C)n2)n1. The molecule has 0 aliphatic carbocycles.